The van der Waals surface area contributed by atoms with Gasteiger partial charge in [0, 0.05) is 36.8 Å². The average molecular weight is 375 g/mol. The van der Waals surface area contributed by atoms with Crippen LogP contribution in [0.5, 0.6) is 0 Å². The number of nitrogens with zero attached hydrogens (tertiary/aromatic N) is 2. The van der Waals surface area contributed by atoms with E-state index in [4.69, 9.17) is 11.6 Å². The van der Waals surface area contributed by atoms with E-state index in [-0.39, 0.29) is 24.1 Å². The first-order chi connectivity index (χ1) is 12.5. The fraction of sp³-hybridized carbons (Fsp3) is 0.300. The van der Waals surface area contributed by atoms with Crippen molar-refractivity contribution in [2.24, 2.45) is 0 Å². The van der Waals surface area contributed by atoms with Gasteiger partial charge in [0.2, 0.25) is 5.91 Å². The Morgan fingerprint density at radius 2 is 1.65 bits per heavy atom. The molecule has 3 rings (SSSR count). The molecule has 0 saturated carbocycles. The third-order valence-electron chi connectivity index (χ3n) is 4.47. The second-order valence-corrected chi connectivity index (χ2v) is 6.78. The summed E-state index contributed by atoms with van der Waals surface area (Å²) in [4.78, 5) is 28.6. The van der Waals surface area contributed by atoms with Crippen LogP contribution in [0, 0.1) is 5.82 Å². The summed E-state index contributed by atoms with van der Waals surface area (Å²) in [5, 5.41) is 0.589. The highest BCUT2D eigenvalue weighted by Gasteiger charge is 2.23. The van der Waals surface area contributed by atoms with Crippen LogP contribution >= 0.6 is 11.6 Å². The maximum atomic E-state index is 13.3. The molecule has 0 N–H and O–H groups in total. The van der Waals surface area contributed by atoms with Gasteiger partial charge in [0.25, 0.3) is 5.91 Å². The van der Waals surface area contributed by atoms with E-state index in [0.29, 0.717) is 48.7 Å². The molecule has 4 nitrogen and oxygen atoms in total. The molecule has 1 aliphatic rings. The highest BCUT2D eigenvalue weighted by molar-refractivity contribution is 6.30. The Bertz CT molecular complexity index is 795. The van der Waals surface area contributed by atoms with Gasteiger partial charge in [-0.15, -0.1) is 0 Å². The number of hydrogen-bond donors (Lipinski definition) is 0. The van der Waals surface area contributed by atoms with E-state index in [1.807, 2.05) is 0 Å². The number of carbonyl (C=O) groups excluding carboxylic acids is 2. The van der Waals surface area contributed by atoms with Gasteiger partial charge in [-0.05, 0) is 48.4 Å². The molecule has 6 heteroatoms. The van der Waals surface area contributed by atoms with Crippen molar-refractivity contribution in [1.29, 1.82) is 0 Å². The van der Waals surface area contributed by atoms with E-state index in [1.165, 1.54) is 12.1 Å². The summed E-state index contributed by atoms with van der Waals surface area (Å²) < 4.78 is 13.3. The summed E-state index contributed by atoms with van der Waals surface area (Å²) in [6, 6.07) is 12.9. The van der Waals surface area contributed by atoms with Gasteiger partial charge in [-0.2, -0.15) is 0 Å². The topological polar surface area (TPSA) is 40.6 Å². The molecule has 1 fully saturated rings. The lowest BCUT2D eigenvalue weighted by atomic mass is 10.1. The number of hydrogen-bond acceptors (Lipinski definition) is 2. The highest BCUT2D eigenvalue weighted by Crippen LogP contribution is 2.14. The second kappa shape index (κ2) is 8.32. The molecule has 1 heterocycles. The predicted octanol–water partition coefficient (Wildman–Crippen LogP) is 3.40. The van der Waals surface area contributed by atoms with Gasteiger partial charge in [-0.1, -0.05) is 23.7 Å². The van der Waals surface area contributed by atoms with Crippen molar-refractivity contribution in [2.75, 3.05) is 26.2 Å². The minimum Gasteiger partial charge on any atom is -0.341 e. The first-order valence-corrected chi connectivity index (χ1v) is 8.98. The Hall–Kier alpha value is -2.40. The monoisotopic (exact) mass is 374 g/mol. The first-order valence-electron chi connectivity index (χ1n) is 8.60. The van der Waals surface area contributed by atoms with Gasteiger partial charge in [-0.3, -0.25) is 9.59 Å². The number of halogens is 2. The molecule has 2 aromatic rings. The van der Waals surface area contributed by atoms with Crippen LogP contribution in [0.3, 0.4) is 0 Å². The second-order valence-electron chi connectivity index (χ2n) is 6.34. The lowest BCUT2D eigenvalue weighted by molar-refractivity contribution is -0.130. The average Bonchev–Trinajstić information content (AvgIpc) is 2.88. The van der Waals surface area contributed by atoms with E-state index in [1.54, 1.807) is 46.2 Å². The molecule has 2 aromatic carbocycles. The van der Waals surface area contributed by atoms with Gasteiger partial charge < -0.3 is 9.80 Å². The molecule has 0 atom stereocenters. The van der Waals surface area contributed by atoms with Crippen LogP contribution in [0.2, 0.25) is 5.02 Å². The smallest absolute Gasteiger partial charge is 0.253 e. The van der Waals surface area contributed by atoms with Crippen molar-refractivity contribution < 1.29 is 14.0 Å². The molecule has 136 valence electrons. The fourth-order valence-electron chi connectivity index (χ4n) is 3.08. The minimum absolute atomic E-state index is 0.0450. The van der Waals surface area contributed by atoms with E-state index in [9.17, 15) is 14.0 Å². The van der Waals surface area contributed by atoms with Crippen LogP contribution in [0.1, 0.15) is 22.3 Å². The van der Waals surface area contributed by atoms with Crippen molar-refractivity contribution >= 4 is 23.4 Å². The molecular formula is C20H20ClFN2O2. The van der Waals surface area contributed by atoms with Crippen LogP contribution in [0.15, 0.2) is 48.5 Å². The normalized spacial score (nSPS) is 14.8. The van der Waals surface area contributed by atoms with Gasteiger partial charge >= 0.3 is 0 Å². The van der Waals surface area contributed by atoms with Crippen LogP contribution < -0.4 is 0 Å². The zero-order chi connectivity index (χ0) is 18.5. The standard InChI is InChI=1S/C20H20ClFN2O2/c21-17-7-5-16(6-8-17)20(26)24-10-2-9-23(11-12-24)19(25)14-15-3-1-4-18(22)13-15/h1,3-8,13H,2,9-12,14H2. The lowest BCUT2D eigenvalue weighted by Crippen LogP contribution is -2.38. The summed E-state index contributed by atoms with van der Waals surface area (Å²) in [6.45, 7) is 2.16. The zero-order valence-corrected chi connectivity index (χ0v) is 15.1. The van der Waals surface area contributed by atoms with Crippen molar-refractivity contribution in [3.8, 4) is 0 Å². The van der Waals surface area contributed by atoms with Crippen LogP contribution in [-0.2, 0) is 11.2 Å². The van der Waals surface area contributed by atoms with E-state index in [0.717, 1.165) is 0 Å². The van der Waals surface area contributed by atoms with E-state index >= 15 is 0 Å². The van der Waals surface area contributed by atoms with Crippen molar-refractivity contribution in [3.05, 3.63) is 70.5 Å². The highest BCUT2D eigenvalue weighted by atomic mass is 35.5. The largest absolute Gasteiger partial charge is 0.341 e. The molecule has 0 bridgehead atoms. The van der Waals surface area contributed by atoms with Crippen molar-refractivity contribution in [1.82, 2.24) is 9.80 Å². The Morgan fingerprint density at radius 1 is 0.962 bits per heavy atom. The summed E-state index contributed by atoms with van der Waals surface area (Å²) in [6.07, 6.45) is 0.886. The zero-order valence-electron chi connectivity index (χ0n) is 14.3. The maximum absolute atomic E-state index is 13.3. The summed E-state index contributed by atoms with van der Waals surface area (Å²) >= 11 is 5.87. The van der Waals surface area contributed by atoms with Gasteiger partial charge in [0.1, 0.15) is 5.82 Å². The fourth-order valence-corrected chi connectivity index (χ4v) is 3.20. The summed E-state index contributed by atoms with van der Waals surface area (Å²) in [5.74, 6) is -0.441. The summed E-state index contributed by atoms with van der Waals surface area (Å²) in [5.41, 5.74) is 1.25. The molecule has 26 heavy (non-hydrogen) atoms. The van der Waals surface area contributed by atoms with Crippen LogP contribution in [0.4, 0.5) is 4.39 Å². The Kier molecular flexibility index (Phi) is 5.89. The number of benzene rings is 2. The molecular weight excluding hydrogens is 355 g/mol. The molecule has 1 saturated heterocycles. The third-order valence-corrected chi connectivity index (χ3v) is 4.72. The molecule has 2 amide bonds. The number of amides is 2. The van der Waals surface area contributed by atoms with Crippen molar-refractivity contribution in [2.45, 2.75) is 12.8 Å². The Morgan fingerprint density at radius 3 is 2.38 bits per heavy atom. The third kappa shape index (κ3) is 4.61. The van der Waals surface area contributed by atoms with Crippen LogP contribution in [0.25, 0.3) is 0 Å². The van der Waals surface area contributed by atoms with Gasteiger partial charge in [-0.25, -0.2) is 4.39 Å². The van der Waals surface area contributed by atoms with Gasteiger partial charge in [0.05, 0.1) is 6.42 Å². The maximum Gasteiger partial charge on any atom is 0.253 e. The number of rotatable bonds is 3. The van der Waals surface area contributed by atoms with Gasteiger partial charge in [0.15, 0.2) is 0 Å². The van der Waals surface area contributed by atoms with Crippen molar-refractivity contribution in [3.63, 3.8) is 0 Å². The quantitative estimate of drug-likeness (QED) is 0.826. The Balaban J connectivity index is 1.59. The molecule has 0 radical (unpaired) electrons. The SMILES string of the molecule is O=C(Cc1cccc(F)c1)N1CCCN(C(=O)c2ccc(Cl)cc2)CC1. The molecule has 0 aromatic heterocycles. The summed E-state index contributed by atoms with van der Waals surface area (Å²) in [7, 11) is 0. The molecule has 0 unspecified atom stereocenters. The minimum atomic E-state index is -0.342. The molecule has 0 aliphatic carbocycles. The first kappa shape index (κ1) is 18.4. The Labute approximate surface area is 157 Å². The van der Waals surface area contributed by atoms with E-state index < -0.39 is 0 Å². The lowest BCUT2D eigenvalue weighted by Gasteiger charge is -2.22. The predicted molar refractivity (Wildman–Crippen MR) is 98.7 cm³/mol. The van der Waals surface area contributed by atoms with Crippen LogP contribution in [-0.4, -0.2) is 47.8 Å². The van der Waals surface area contributed by atoms with E-state index in [2.05, 4.69) is 0 Å². The molecule has 0 spiro atoms. The number of carbonyl (C=O) groups is 2. The molecule has 1 aliphatic heterocycles.